The monoisotopic (exact) mass is 340 g/mol. The van der Waals surface area contributed by atoms with Gasteiger partial charge in [-0.05, 0) is 69.4 Å². The van der Waals surface area contributed by atoms with Crippen LogP contribution in [0.4, 0.5) is 11.5 Å². The van der Waals surface area contributed by atoms with E-state index in [1.807, 2.05) is 6.20 Å². The van der Waals surface area contributed by atoms with Gasteiger partial charge in [-0.3, -0.25) is 0 Å². The van der Waals surface area contributed by atoms with E-state index in [-0.39, 0.29) is 0 Å². The number of likely N-dealkylation sites (N-methyl/N-ethyl adjacent to an activating group) is 1. The van der Waals surface area contributed by atoms with Gasteiger partial charge in [0.1, 0.15) is 5.82 Å². The van der Waals surface area contributed by atoms with Crippen LogP contribution in [0.3, 0.4) is 0 Å². The van der Waals surface area contributed by atoms with Crippen molar-refractivity contribution in [2.24, 2.45) is 17.8 Å². The maximum Gasteiger partial charge on any atom is 0.130 e. The van der Waals surface area contributed by atoms with Gasteiger partial charge in [-0.15, -0.1) is 0 Å². The molecule has 1 aromatic rings. The molecule has 4 aliphatic carbocycles. The lowest BCUT2D eigenvalue weighted by Crippen LogP contribution is -2.59. The van der Waals surface area contributed by atoms with E-state index in [1.54, 1.807) is 0 Å². The van der Waals surface area contributed by atoms with E-state index >= 15 is 0 Å². The minimum atomic E-state index is 0.391. The van der Waals surface area contributed by atoms with Gasteiger partial charge in [-0.2, -0.15) is 0 Å². The van der Waals surface area contributed by atoms with Crippen molar-refractivity contribution >= 4 is 11.5 Å². The molecule has 0 spiro atoms. The van der Waals surface area contributed by atoms with E-state index in [9.17, 15) is 0 Å². The summed E-state index contributed by atoms with van der Waals surface area (Å²) in [6.45, 7) is 4.56. The van der Waals surface area contributed by atoms with Crippen molar-refractivity contribution in [3.8, 4) is 0 Å². The van der Waals surface area contributed by atoms with Crippen LogP contribution in [0.25, 0.3) is 0 Å². The number of hydrogen-bond acceptors (Lipinski definition) is 4. The van der Waals surface area contributed by atoms with Crippen molar-refractivity contribution in [3.63, 3.8) is 0 Å². The zero-order valence-corrected chi connectivity index (χ0v) is 15.8. The summed E-state index contributed by atoms with van der Waals surface area (Å²) in [6, 6.07) is 4.55. The van der Waals surface area contributed by atoms with Gasteiger partial charge in [-0.25, -0.2) is 4.98 Å². The molecular formula is C21H32N4. The van der Waals surface area contributed by atoms with E-state index in [1.165, 1.54) is 50.0 Å². The first-order valence-corrected chi connectivity index (χ1v) is 10.2. The van der Waals surface area contributed by atoms with E-state index in [0.29, 0.717) is 5.54 Å². The predicted octanol–water partition coefficient (Wildman–Crippen LogP) is 3.24. The Balaban J connectivity index is 1.39. The van der Waals surface area contributed by atoms with Crippen LogP contribution in [0, 0.1) is 17.8 Å². The molecule has 6 rings (SSSR count). The van der Waals surface area contributed by atoms with Crippen molar-refractivity contribution < 1.29 is 0 Å². The van der Waals surface area contributed by atoms with Crippen LogP contribution in [0.5, 0.6) is 0 Å². The summed E-state index contributed by atoms with van der Waals surface area (Å²) < 4.78 is 0. The van der Waals surface area contributed by atoms with Crippen LogP contribution in [-0.2, 0) is 0 Å². The number of pyridine rings is 1. The molecule has 1 aliphatic heterocycles. The average molecular weight is 341 g/mol. The normalized spacial score (nSPS) is 37.5. The Hall–Kier alpha value is -1.29. The van der Waals surface area contributed by atoms with Crippen LogP contribution >= 0.6 is 0 Å². The maximum atomic E-state index is 4.80. The lowest BCUT2D eigenvalue weighted by Gasteiger charge is -2.60. The summed E-state index contributed by atoms with van der Waals surface area (Å²) in [5.74, 6) is 4.14. The highest BCUT2D eigenvalue weighted by Crippen LogP contribution is 2.58. The smallest absolute Gasteiger partial charge is 0.130 e. The lowest BCUT2D eigenvalue weighted by atomic mass is 9.52. The van der Waals surface area contributed by atoms with Gasteiger partial charge < -0.3 is 14.7 Å². The number of aromatic nitrogens is 1. The van der Waals surface area contributed by atoms with Crippen molar-refractivity contribution in [1.29, 1.82) is 0 Å². The summed E-state index contributed by atoms with van der Waals surface area (Å²) in [5, 5.41) is 0. The van der Waals surface area contributed by atoms with E-state index in [4.69, 9.17) is 4.98 Å². The fourth-order valence-electron chi connectivity index (χ4n) is 6.57. The molecule has 2 heterocycles. The second kappa shape index (κ2) is 5.87. The van der Waals surface area contributed by atoms with E-state index in [2.05, 4.69) is 40.9 Å². The van der Waals surface area contributed by atoms with Crippen molar-refractivity contribution in [1.82, 2.24) is 9.88 Å². The minimum Gasteiger partial charge on any atom is -0.369 e. The third-order valence-corrected chi connectivity index (χ3v) is 7.66. The summed E-state index contributed by atoms with van der Waals surface area (Å²) in [6.07, 6.45) is 10.7. The molecule has 0 N–H and O–H groups in total. The lowest BCUT2D eigenvalue weighted by molar-refractivity contribution is -0.00228. The molecule has 1 aromatic heterocycles. The van der Waals surface area contributed by atoms with Crippen LogP contribution in [0.2, 0.25) is 0 Å². The topological polar surface area (TPSA) is 22.6 Å². The Morgan fingerprint density at radius 2 is 1.60 bits per heavy atom. The van der Waals surface area contributed by atoms with Gasteiger partial charge in [0.05, 0.1) is 0 Å². The van der Waals surface area contributed by atoms with Crippen molar-refractivity contribution in [3.05, 3.63) is 18.3 Å². The fraction of sp³-hybridized carbons (Fsp3) is 0.762. The molecule has 136 valence electrons. The summed E-state index contributed by atoms with van der Waals surface area (Å²) in [7, 11) is 4.54. The third-order valence-electron chi connectivity index (χ3n) is 7.66. The van der Waals surface area contributed by atoms with E-state index < -0.39 is 0 Å². The first-order chi connectivity index (χ1) is 12.1. The Bertz CT molecular complexity index is 599. The van der Waals surface area contributed by atoms with Crippen LogP contribution < -0.4 is 9.80 Å². The van der Waals surface area contributed by atoms with Gasteiger partial charge in [0.2, 0.25) is 0 Å². The second-order valence-corrected chi connectivity index (χ2v) is 9.36. The Kier molecular flexibility index (Phi) is 3.74. The van der Waals surface area contributed by atoms with Gasteiger partial charge >= 0.3 is 0 Å². The van der Waals surface area contributed by atoms with Crippen LogP contribution in [-0.4, -0.2) is 55.7 Å². The summed E-state index contributed by atoms with van der Waals surface area (Å²) in [5.41, 5.74) is 1.75. The molecule has 0 amide bonds. The maximum absolute atomic E-state index is 4.80. The van der Waals surface area contributed by atoms with Crippen LogP contribution in [0.15, 0.2) is 18.3 Å². The highest BCUT2D eigenvalue weighted by molar-refractivity contribution is 5.56. The number of hydrogen-bond donors (Lipinski definition) is 0. The zero-order valence-electron chi connectivity index (χ0n) is 15.8. The SMILES string of the molecule is CN1CCN(c2ccnc(N(C)C34CC5CC(CC(C5)C3)C4)c2)CC1. The number of rotatable bonds is 3. The van der Waals surface area contributed by atoms with Gasteiger partial charge in [0.15, 0.2) is 0 Å². The molecule has 0 radical (unpaired) electrons. The molecule has 4 heteroatoms. The predicted molar refractivity (Wildman–Crippen MR) is 103 cm³/mol. The molecule has 0 aromatic carbocycles. The minimum absolute atomic E-state index is 0.391. The zero-order chi connectivity index (χ0) is 17.0. The Morgan fingerprint density at radius 1 is 1.00 bits per heavy atom. The first kappa shape index (κ1) is 15.9. The molecule has 5 fully saturated rings. The third kappa shape index (κ3) is 2.73. The molecule has 4 saturated carbocycles. The van der Waals surface area contributed by atoms with E-state index in [0.717, 1.165) is 43.9 Å². The first-order valence-electron chi connectivity index (χ1n) is 10.2. The van der Waals surface area contributed by atoms with Gasteiger partial charge in [0.25, 0.3) is 0 Å². The number of nitrogens with zero attached hydrogens (tertiary/aromatic N) is 4. The van der Waals surface area contributed by atoms with Crippen LogP contribution in [0.1, 0.15) is 38.5 Å². The molecule has 4 bridgehead atoms. The highest BCUT2D eigenvalue weighted by atomic mass is 15.3. The summed E-state index contributed by atoms with van der Waals surface area (Å²) >= 11 is 0. The van der Waals surface area contributed by atoms with Gasteiger partial charge in [0, 0.05) is 56.7 Å². The Labute approximate surface area is 152 Å². The molecule has 0 atom stereocenters. The molecule has 1 saturated heterocycles. The van der Waals surface area contributed by atoms with Gasteiger partial charge in [-0.1, -0.05) is 0 Å². The standard InChI is InChI=1S/C21H32N4/c1-23-5-7-25(8-6-23)19-3-4-22-20(12-19)24(2)21-13-16-9-17(14-21)11-18(10-16)15-21/h3-4,12,16-18H,5-11,13-15H2,1-2H3. The largest absolute Gasteiger partial charge is 0.369 e. The number of piperazine rings is 1. The number of anilines is 2. The fourth-order valence-corrected chi connectivity index (χ4v) is 6.57. The molecule has 4 nitrogen and oxygen atoms in total. The Morgan fingerprint density at radius 3 is 2.20 bits per heavy atom. The molecule has 25 heavy (non-hydrogen) atoms. The second-order valence-electron chi connectivity index (χ2n) is 9.36. The molecule has 0 unspecified atom stereocenters. The summed E-state index contributed by atoms with van der Waals surface area (Å²) in [4.78, 5) is 12.3. The molecule has 5 aliphatic rings. The quantitative estimate of drug-likeness (QED) is 0.842. The molecular weight excluding hydrogens is 308 g/mol. The van der Waals surface area contributed by atoms with Crippen molar-refractivity contribution in [2.75, 3.05) is 50.1 Å². The average Bonchev–Trinajstić information content (AvgIpc) is 2.61. The highest BCUT2D eigenvalue weighted by Gasteiger charge is 2.53. The van der Waals surface area contributed by atoms with Crippen molar-refractivity contribution in [2.45, 2.75) is 44.1 Å².